The van der Waals surface area contributed by atoms with Crippen molar-refractivity contribution in [2.45, 2.75) is 40.0 Å². The Balaban J connectivity index is 1.89. The van der Waals surface area contributed by atoms with Gasteiger partial charge in [-0.3, -0.25) is 4.79 Å². The maximum Gasteiger partial charge on any atom is 0.303 e. The number of carboxylic acid groups (broad SMARTS) is 1. The van der Waals surface area contributed by atoms with Gasteiger partial charge in [0.1, 0.15) is 5.75 Å². The summed E-state index contributed by atoms with van der Waals surface area (Å²) in [7, 11) is 0. The van der Waals surface area contributed by atoms with Crippen LogP contribution in [0.15, 0.2) is 18.2 Å². The highest BCUT2D eigenvalue weighted by atomic mass is 32.1. The average Bonchev–Trinajstić information content (AvgIpc) is 2.79. The highest BCUT2D eigenvalue weighted by molar-refractivity contribution is 7.11. The Kier molecular flexibility index (Phi) is 5.55. The van der Waals surface area contributed by atoms with Crippen LogP contribution in [0.4, 0.5) is 0 Å². The summed E-state index contributed by atoms with van der Waals surface area (Å²) >= 11 is 1.59. The summed E-state index contributed by atoms with van der Waals surface area (Å²) in [6, 6.07) is 6.14. The Hall–Kier alpha value is -1.88. The fourth-order valence-electron chi connectivity index (χ4n) is 2.26. The molecule has 5 heteroatoms. The predicted octanol–water partition coefficient (Wildman–Crippen LogP) is 3.71. The number of hydrogen-bond donors (Lipinski definition) is 1. The Morgan fingerprint density at radius 2 is 2.05 bits per heavy atom. The number of ether oxygens (including phenoxy) is 1. The van der Waals surface area contributed by atoms with Crippen molar-refractivity contribution in [2.75, 3.05) is 6.61 Å². The summed E-state index contributed by atoms with van der Waals surface area (Å²) in [5.74, 6) is 0.137. The molecule has 0 radical (unpaired) electrons. The van der Waals surface area contributed by atoms with Gasteiger partial charge in [0.05, 0.1) is 23.7 Å². The normalized spacial score (nSPS) is 10.7. The second-order valence-corrected chi connectivity index (χ2v) is 6.55. The maximum atomic E-state index is 10.6. The first-order valence-electron chi connectivity index (χ1n) is 7.32. The van der Waals surface area contributed by atoms with E-state index in [0.29, 0.717) is 13.0 Å². The van der Waals surface area contributed by atoms with Crippen LogP contribution < -0.4 is 4.74 Å². The van der Waals surface area contributed by atoms with E-state index in [-0.39, 0.29) is 6.42 Å². The van der Waals surface area contributed by atoms with Crippen LogP contribution in [0.2, 0.25) is 0 Å². The number of nitrogens with zero attached hydrogens (tertiary/aromatic N) is 1. The van der Waals surface area contributed by atoms with Crippen LogP contribution in [0, 0.1) is 20.8 Å². The maximum absolute atomic E-state index is 10.6. The van der Waals surface area contributed by atoms with Crippen molar-refractivity contribution in [3.8, 4) is 5.75 Å². The molecule has 0 amide bonds. The van der Waals surface area contributed by atoms with E-state index in [0.717, 1.165) is 33.3 Å². The van der Waals surface area contributed by atoms with Gasteiger partial charge in [-0.05, 0) is 38.8 Å². The summed E-state index contributed by atoms with van der Waals surface area (Å²) in [6.45, 7) is 6.62. The predicted molar refractivity (Wildman–Crippen MR) is 87.9 cm³/mol. The van der Waals surface area contributed by atoms with Crippen LogP contribution in [0.3, 0.4) is 0 Å². The molecule has 0 aliphatic rings. The van der Waals surface area contributed by atoms with Gasteiger partial charge in [0, 0.05) is 11.3 Å². The summed E-state index contributed by atoms with van der Waals surface area (Å²) in [5.41, 5.74) is 3.30. The molecule has 1 N–H and O–H groups in total. The van der Waals surface area contributed by atoms with E-state index in [9.17, 15) is 4.79 Å². The van der Waals surface area contributed by atoms with Crippen molar-refractivity contribution in [3.63, 3.8) is 0 Å². The molecular weight excluding hydrogens is 298 g/mol. The van der Waals surface area contributed by atoms with Gasteiger partial charge in [-0.25, -0.2) is 4.98 Å². The van der Waals surface area contributed by atoms with E-state index in [2.05, 4.69) is 18.0 Å². The number of aromatic nitrogens is 1. The molecule has 0 spiro atoms. The minimum atomic E-state index is -0.771. The second kappa shape index (κ2) is 7.40. The Morgan fingerprint density at radius 3 is 2.73 bits per heavy atom. The van der Waals surface area contributed by atoms with Gasteiger partial charge < -0.3 is 9.84 Å². The fourth-order valence-corrected chi connectivity index (χ4v) is 3.31. The smallest absolute Gasteiger partial charge is 0.303 e. The number of thiazole rings is 1. The molecule has 1 heterocycles. The highest BCUT2D eigenvalue weighted by Gasteiger charge is 2.09. The standard InChI is InChI=1S/C17H21NO3S/c1-11-4-5-14(12(2)10-11)21-9-8-16-18-13(3)15(22-16)6-7-17(19)20/h4-5,10H,6-9H2,1-3H3,(H,19,20). The summed E-state index contributed by atoms with van der Waals surface area (Å²) < 4.78 is 5.82. The minimum Gasteiger partial charge on any atom is -0.493 e. The molecule has 2 rings (SSSR count). The van der Waals surface area contributed by atoms with Crippen molar-refractivity contribution in [3.05, 3.63) is 44.9 Å². The SMILES string of the molecule is Cc1ccc(OCCc2nc(C)c(CCC(=O)O)s2)c(C)c1. The van der Waals surface area contributed by atoms with E-state index < -0.39 is 5.97 Å². The highest BCUT2D eigenvalue weighted by Crippen LogP contribution is 2.22. The van der Waals surface area contributed by atoms with E-state index in [4.69, 9.17) is 9.84 Å². The Labute approximate surface area is 134 Å². The third kappa shape index (κ3) is 4.56. The quantitative estimate of drug-likeness (QED) is 0.845. The molecule has 0 saturated carbocycles. The molecule has 0 atom stereocenters. The molecule has 0 saturated heterocycles. The van der Waals surface area contributed by atoms with Gasteiger partial charge in [-0.15, -0.1) is 11.3 Å². The molecule has 0 aliphatic heterocycles. The van der Waals surface area contributed by atoms with Gasteiger partial charge in [0.25, 0.3) is 0 Å². The van der Waals surface area contributed by atoms with Gasteiger partial charge in [0.15, 0.2) is 0 Å². The van der Waals surface area contributed by atoms with Crippen LogP contribution in [0.25, 0.3) is 0 Å². The summed E-state index contributed by atoms with van der Waals surface area (Å²) in [5, 5.41) is 9.75. The lowest BCUT2D eigenvalue weighted by Gasteiger charge is -2.08. The molecule has 2 aromatic rings. The molecule has 118 valence electrons. The number of aryl methyl sites for hydroxylation is 4. The van der Waals surface area contributed by atoms with E-state index >= 15 is 0 Å². The van der Waals surface area contributed by atoms with Gasteiger partial charge in [-0.1, -0.05) is 17.7 Å². The lowest BCUT2D eigenvalue weighted by atomic mass is 10.1. The van der Waals surface area contributed by atoms with Crippen molar-refractivity contribution in [1.82, 2.24) is 4.98 Å². The van der Waals surface area contributed by atoms with Crippen molar-refractivity contribution in [1.29, 1.82) is 0 Å². The van der Waals surface area contributed by atoms with E-state index in [1.165, 1.54) is 5.56 Å². The zero-order chi connectivity index (χ0) is 16.1. The Bertz CT molecular complexity index is 664. The lowest BCUT2D eigenvalue weighted by molar-refractivity contribution is -0.136. The number of hydrogen-bond acceptors (Lipinski definition) is 4. The van der Waals surface area contributed by atoms with Crippen molar-refractivity contribution < 1.29 is 14.6 Å². The van der Waals surface area contributed by atoms with Gasteiger partial charge in [0.2, 0.25) is 0 Å². The van der Waals surface area contributed by atoms with Crippen molar-refractivity contribution in [2.24, 2.45) is 0 Å². The van der Waals surface area contributed by atoms with Gasteiger partial charge >= 0.3 is 5.97 Å². The number of carbonyl (C=O) groups is 1. The Morgan fingerprint density at radius 1 is 1.27 bits per heavy atom. The largest absolute Gasteiger partial charge is 0.493 e. The minimum absolute atomic E-state index is 0.154. The fraction of sp³-hybridized carbons (Fsp3) is 0.412. The first kappa shape index (κ1) is 16.5. The average molecular weight is 319 g/mol. The van der Waals surface area contributed by atoms with Crippen LogP contribution in [-0.4, -0.2) is 22.7 Å². The first-order valence-corrected chi connectivity index (χ1v) is 8.14. The first-order chi connectivity index (χ1) is 10.5. The monoisotopic (exact) mass is 319 g/mol. The molecule has 0 unspecified atom stereocenters. The summed E-state index contributed by atoms with van der Waals surface area (Å²) in [4.78, 5) is 16.2. The van der Waals surface area contributed by atoms with Crippen molar-refractivity contribution >= 4 is 17.3 Å². The third-order valence-corrected chi connectivity index (χ3v) is 4.68. The molecule has 1 aromatic heterocycles. The lowest BCUT2D eigenvalue weighted by Crippen LogP contribution is -2.02. The van der Waals surface area contributed by atoms with Crippen LogP contribution in [0.5, 0.6) is 5.75 Å². The number of aliphatic carboxylic acids is 1. The van der Waals surface area contributed by atoms with Crippen LogP contribution in [0.1, 0.15) is 33.1 Å². The molecule has 0 bridgehead atoms. The van der Waals surface area contributed by atoms with Crippen LogP contribution in [-0.2, 0) is 17.6 Å². The number of carboxylic acids is 1. The van der Waals surface area contributed by atoms with E-state index in [1.54, 1.807) is 11.3 Å². The summed E-state index contributed by atoms with van der Waals surface area (Å²) in [6.07, 6.45) is 1.45. The molecule has 4 nitrogen and oxygen atoms in total. The molecule has 0 aliphatic carbocycles. The number of benzene rings is 1. The van der Waals surface area contributed by atoms with E-state index in [1.807, 2.05) is 26.0 Å². The van der Waals surface area contributed by atoms with Gasteiger partial charge in [-0.2, -0.15) is 0 Å². The molecule has 1 aromatic carbocycles. The number of rotatable bonds is 7. The molecule has 0 fully saturated rings. The molecule has 22 heavy (non-hydrogen) atoms. The third-order valence-electron chi connectivity index (χ3n) is 3.41. The second-order valence-electron chi connectivity index (χ2n) is 5.38. The zero-order valence-corrected chi connectivity index (χ0v) is 14.0. The van der Waals surface area contributed by atoms with Crippen LogP contribution >= 0.6 is 11.3 Å². The zero-order valence-electron chi connectivity index (χ0n) is 13.2. The topological polar surface area (TPSA) is 59.4 Å². The molecular formula is C17H21NO3S.